The molecular weight excluding hydrogens is 191 g/mol. The van der Waals surface area contributed by atoms with E-state index < -0.39 is 28.2 Å². The standard InChI is InChI=1S/C8H9FN2O3/c1-4(10)5-2-3-6(9)7(8(5)12)11(13)14/h2-4,12H,10H2,1H3. The highest BCUT2D eigenvalue weighted by Crippen LogP contribution is 2.34. The lowest BCUT2D eigenvalue weighted by Crippen LogP contribution is -2.06. The topological polar surface area (TPSA) is 89.4 Å². The van der Waals surface area contributed by atoms with Gasteiger partial charge in [-0.25, -0.2) is 0 Å². The first kappa shape index (κ1) is 10.4. The Morgan fingerprint density at radius 3 is 2.64 bits per heavy atom. The van der Waals surface area contributed by atoms with E-state index >= 15 is 0 Å². The fraction of sp³-hybridized carbons (Fsp3) is 0.250. The van der Waals surface area contributed by atoms with E-state index in [4.69, 9.17) is 5.73 Å². The van der Waals surface area contributed by atoms with Crippen LogP contribution in [0.5, 0.6) is 5.75 Å². The smallest absolute Gasteiger partial charge is 0.346 e. The molecule has 1 rings (SSSR count). The van der Waals surface area contributed by atoms with Gasteiger partial charge in [0.2, 0.25) is 11.6 Å². The highest BCUT2D eigenvalue weighted by molar-refractivity contribution is 5.52. The Morgan fingerprint density at radius 2 is 2.21 bits per heavy atom. The van der Waals surface area contributed by atoms with Crippen LogP contribution in [0.2, 0.25) is 0 Å². The van der Waals surface area contributed by atoms with Gasteiger partial charge in [-0.1, -0.05) is 6.07 Å². The molecule has 1 unspecified atom stereocenters. The molecule has 0 saturated heterocycles. The highest BCUT2D eigenvalue weighted by atomic mass is 19.1. The van der Waals surface area contributed by atoms with Gasteiger partial charge in [0, 0.05) is 11.6 Å². The molecule has 0 aliphatic rings. The van der Waals surface area contributed by atoms with Crippen LogP contribution in [0.25, 0.3) is 0 Å². The van der Waals surface area contributed by atoms with E-state index in [1.807, 2.05) is 0 Å². The summed E-state index contributed by atoms with van der Waals surface area (Å²) >= 11 is 0. The molecule has 0 aliphatic carbocycles. The maximum atomic E-state index is 12.9. The van der Waals surface area contributed by atoms with Crippen molar-refractivity contribution in [3.05, 3.63) is 33.6 Å². The Labute approximate surface area is 79.1 Å². The number of nitrogens with zero attached hydrogens (tertiary/aromatic N) is 1. The summed E-state index contributed by atoms with van der Waals surface area (Å²) in [6.07, 6.45) is 0. The van der Waals surface area contributed by atoms with Crippen molar-refractivity contribution in [2.75, 3.05) is 0 Å². The minimum atomic E-state index is -1.07. The van der Waals surface area contributed by atoms with Gasteiger partial charge in [-0.15, -0.1) is 0 Å². The number of hydrogen-bond donors (Lipinski definition) is 2. The van der Waals surface area contributed by atoms with Crippen molar-refractivity contribution >= 4 is 5.69 Å². The SMILES string of the molecule is CC(N)c1ccc(F)c([N+](=O)[O-])c1O. The van der Waals surface area contributed by atoms with Crippen LogP contribution in [0, 0.1) is 15.9 Å². The first-order valence-electron chi connectivity index (χ1n) is 3.86. The van der Waals surface area contributed by atoms with Gasteiger partial charge >= 0.3 is 5.69 Å². The Kier molecular flexibility index (Phi) is 2.66. The molecule has 76 valence electrons. The number of rotatable bonds is 2. The van der Waals surface area contributed by atoms with Gasteiger partial charge in [-0.05, 0) is 13.0 Å². The Morgan fingerprint density at radius 1 is 1.64 bits per heavy atom. The predicted molar refractivity (Wildman–Crippen MR) is 47.3 cm³/mol. The van der Waals surface area contributed by atoms with Crippen molar-refractivity contribution in [2.45, 2.75) is 13.0 Å². The van der Waals surface area contributed by atoms with Crippen LogP contribution in [-0.4, -0.2) is 10.0 Å². The fourth-order valence-corrected chi connectivity index (χ4v) is 1.11. The van der Waals surface area contributed by atoms with Gasteiger partial charge < -0.3 is 10.8 Å². The lowest BCUT2D eigenvalue weighted by molar-refractivity contribution is -0.388. The van der Waals surface area contributed by atoms with Crippen molar-refractivity contribution in [3.63, 3.8) is 0 Å². The van der Waals surface area contributed by atoms with Gasteiger partial charge in [-0.2, -0.15) is 4.39 Å². The Balaban J connectivity index is 3.41. The summed E-state index contributed by atoms with van der Waals surface area (Å²) in [5.74, 6) is -1.78. The third-order valence-corrected chi connectivity index (χ3v) is 1.81. The minimum absolute atomic E-state index is 0.151. The van der Waals surface area contributed by atoms with E-state index in [-0.39, 0.29) is 5.56 Å². The molecule has 0 saturated carbocycles. The van der Waals surface area contributed by atoms with Crippen molar-refractivity contribution in [2.24, 2.45) is 5.73 Å². The van der Waals surface area contributed by atoms with E-state index in [9.17, 15) is 19.6 Å². The minimum Gasteiger partial charge on any atom is -0.502 e. The lowest BCUT2D eigenvalue weighted by atomic mass is 10.1. The van der Waals surface area contributed by atoms with Crippen molar-refractivity contribution in [3.8, 4) is 5.75 Å². The molecule has 14 heavy (non-hydrogen) atoms. The van der Waals surface area contributed by atoms with Gasteiger partial charge in [0.15, 0.2) is 0 Å². The van der Waals surface area contributed by atoms with Crippen LogP contribution < -0.4 is 5.73 Å². The van der Waals surface area contributed by atoms with Gasteiger partial charge in [0.25, 0.3) is 0 Å². The molecule has 0 aromatic heterocycles. The zero-order chi connectivity index (χ0) is 10.9. The summed E-state index contributed by atoms with van der Waals surface area (Å²) in [6.45, 7) is 1.54. The van der Waals surface area contributed by atoms with Crippen LogP contribution in [0.3, 0.4) is 0 Å². The molecule has 1 aromatic carbocycles. The number of nitro benzene ring substituents is 1. The van der Waals surface area contributed by atoms with E-state index in [2.05, 4.69) is 0 Å². The Bertz CT molecular complexity index is 379. The molecule has 1 atom stereocenters. The Hall–Kier alpha value is -1.69. The van der Waals surface area contributed by atoms with E-state index in [1.165, 1.54) is 13.0 Å². The third kappa shape index (κ3) is 1.64. The molecular formula is C8H9FN2O3. The van der Waals surface area contributed by atoms with Gasteiger partial charge in [-0.3, -0.25) is 10.1 Å². The van der Waals surface area contributed by atoms with Crippen LogP contribution in [-0.2, 0) is 0 Å². The number of phenolic OH excluding ortho intramolecular Hbond substituents is 1. The maximum Gasteiger partial charge on any atom is 0.346 e. The molecule has 0 aliphatic heterocycles. The molecule has 0 spiro atoms. The number of benzene rings is 1. The summed E-state index contributed by atoms with van der Waals surface area (Å²) in [7, 11) is 0. The molecule has 1 aromatic rings. The van der Waals surface area contributed by atoms with E-state index in [1.54, 1.807) is 0 Å². The fourth-order valence-electron chi connectivity index (χ4n) is 1.11. The van der Waals surface area contributed by atoms with Crippen LogP contribution in [0.4, 0.5) is 10.1 Å². The summed E-state index contributed by atoms with van der Waals surface area (Å²) in [5, 5.41) is 19.7. The number of hydrogen-bond acceptors (Lipinski definition) is 4. The molecule has 0 fully saturated rings. The van der Waals surface area contributed by atoms with Crippen molar-refractivity contribution in [1.29, 1.82) is 0 Å². The number of aromatic hydroxyl groups is 1. The quantitative estimate of drug-likeness (QED) is 0.558. The molecule has 0 amide bonds. The number of nitro groups is 1. The van der Waals surface area contributed by atoms with Crippen LogP contribution >= 0.6 is 0 Å². The molecule has 0 heterocycles. The highest BCUT2D eigenvalue weighted by Gasteiger charge is 2.24. The average Bonchev–Trinajstić information content (AvgIpc) is 2.02. The zero-order valence-electron chi connectivity index (χ0n) is 7.40. The predicted octanol–water partition coefficient (Wildman–Crippen LogP) is 1.46. The van der Waals surface area contributed by atoms with Crippen LogP contribution in [0.15, 0.2) is 12.1 Å². The van der Waals surface area contributed by atoms with E-state index in [0.717, 1.165) is 6.07 Å². The zero-order valence-corrected chi connectivity index (χ0v) is 7.40. The van der Waals surface area contributed by atoms with Crippen molar-refractivity contribution in [1.82, 2.24) is 0 Å². The summed E-state index contributed by atoms with van der Waals surface area (Å²) in [6, 6.07) is 1.55. The monoisotopic (exact) mass is 200 g/mol. The second-order valence-electron chi connectivity index (χ2n) is 2.88. The van der Waals surface area contributed by atoms with Gasteiger partial charge in [0.05, 0.1) is 4.92 Å². The maximum absolute atomic E-state index is 12.9. The summed E-state index contributed by atoms with van der Waals surface area (Å²) < 4.78 is 12.9. The summed E-state index contributed by atoms with van der Waals surface area (Å²) in [5.41, 5.74) is 4.65. The summed E-state index contributed by atoms with van der Waals surface area (Å²) in [4.78, 5) is 9.41. The molecule has 0 bridgehead atoms. The molecule has 3 N–H and O–H groups in total. The molecule has 6 heteroatoms. The largest absolute Gasteiger partial charge is 0.502 e. The third-order valence-electron chi connectivity index (χ3n) is 1.81. The van der Waals surface area contributed by atoms with Crippen molar-refractivity contribution < 1.29 is 14.4 Å². The van der Waals surface area contributed by atoms with Gasteiger partial charge in [0.1, 0.15) is 0 Å². The average molecular weight is 200 g/mol. The number of nitrogens with two attached hydrogens (primary N) is 1. The van der Waals surface area contributed by atoms with Crippen LogP contribution in [0.1, 0.15) is 18.5 Å². The second kappa shape index (κ2) is 3.59. The normalized spacial score (nSPS) is 12.5. The second-order valence-corrected chi connectivity index (χ2v) is 2.88. The number of halogens is 1. The molecule has 0 radical (unpaired) electrons. The molecule has 5 nitrogen and oxygen atoms in total. The van der Waals surface area contributed by atoms with E-state index in [0.29, 0.717) is 0 Å². The number of phenols is 1. The first-order valence-corrected chi connectivity index (χ1v) is 3.86. The lowest BCUT2D eigenvalue weighted by Gasteiger charge is -2.08. The first-order chi connectivity index (χ1) is 6.45.